The van der Waals surface area contributed by atoms with Crippen molar-refractivity contribution >= 4 is 23.2 Å². The second-order valence-corrected chi connectivity index (χ2v) is 4.83. The van der Waals surface area contributed by atoms with Crippen molar-refractivity contribution in [1.82, 2.24) is 9.88 Å². The number of aromatic nitrogens is 1. The van der Waals surface area contributed by atoms with Gasteiger partial charge in [0.25, 0.3) is 5.91 Å². The van der Waals surface area contributed by atoms with Crippen molar-refractivity contribution < 1.29 is 9.72 Å². The topological polar surface area (TPSA) is 100 Å². The van der Waals surface area contributed by atoms with Gasteiger partial charge in [-0.2, -0.15) is 5.26 Å². The van der Waals surface area contributed by atoms with Crippen molar-refractivity contribution in [3.8, 4) is 6.07 Å². The van der Waals surface area contributed by atoms with Gasteiger partial charge in [0.15, 0.2) is 0 Å². The second-order valence-electron chi connectivity index (χ2n) is 4.47. The second kappa shape index (κ2) is 5.84. The number of nitriles is 1. The molecule has 0 N–H and O–H groups in total. The van der Waals surface area contributed by atoms with Crippen molar-refractivity contribution in [2.24, 2.45) is 5.92 Å². The summed E-state index contributed by atoms with van der Waals surface area (Å²) in [6.45, 7) is 0.764. The summed E-state index contributed by atoms with van der Waals surface area (Å²) in [7, 11) is 0. The lowest BCUT2D eigenvalue weighted by Crippen LogP contribution is -2.39. The lowest BCUT2D eigenvalue weighted by Gasteiger charge is -2.29. The van der Waals surface area contributed by atoms with Gasteiger partial charge in [-0.05, 0) is 18.9 Å². The molecule has 20 heavy (non-hydrogen) atoms. The van der Waals surface area contributed by atoms with Crippen LogP contribution in [0.25, 0.3) is 0 Å². The zero-order valence-electron chi connectivity index (χ0n) is 10.5. The van der Waals surface area contributed by atoms with Gasteiger partial charge in [-0.15, -0.1) is 0 Å². The summed E-state index contributed by atoms with van der Waals surface area (Å²) in [4.78, 5) is 27.7. The third-order valence-electron chi connectivity index (χ3n) is 3.18. The number of pyridine rings is 1. The van der Waals surface area contributed by atoms with Crippen LogP contribution in [0.3, 0.4) is 0 Å². The molecule has 104 valence electrons. The van der Waals surface area contributed by atoms with Crippen molar-refractivity contribution in [3.63, 3.8) is 0 Å². The van der Waals surface area contributed by atoms with E-state index in [4.69, 9.17) is 16.9 Å². The largest absolute Gasteiger partial charge is 0.337 e. The molecule has 0 spiro atoms. The van der Waals surface area contributed by atoms with Crippen LogP contribution in [0.1, 0.15) is 23.2 Å². The molecule has 1 aliphatic rings. The highest BCUT2D eigenvalue weighted by molar-refractivity contribution is 6.32. The van der Waals surface area contributed by atoms with Crippen LogP contribution >= 0.6 is 11.6 Å². The maximum Gasteiger partial charge on any atom is 0.319 e. The first-order valence-corrected chi connectivity index (χ1v) is 6.40. The summed E-state index contributed by atoms with van der Waals surface area (Å²) >= 11 is 5.69. The number of carbonyl (C=O) groups is 1. The highest BCUT2D eigenvalue weighted by atomic mass is 35.5. The van der Waals surface area contributed by atoms with E-state index in [1.54, 1.807) is 0 Å². The Labute approximate surface area is 119 Å². The minimum absolute atomic E-state index is 0.0893. The van der Waals surface area contributed by atoms with Gasteiger partial charge in [-0.1, -0.05) is 11.6 Å². The minimum atomic E-state index is -0.714. The number of rotatable bonds is 2. The molecule has 0 radical (unpaired) electrons. The molecule has 8 heteroatoms. The Balaban J connectivity index is 2.32. The molecule has 0 aromatic carbocycles. The van der Waals surface area contributed by atoms with Crippen LogP contribution in [0, 0.1) is 27.4 Å². The van der Waals surface area contributed by atoms with Gasteiger partial charge in [-0.25, -0.2) is 4.98 Å². The highest BCUT2D eigenvalue weighted by Crippen LogP contribution is 2.28. The van der Waals surface area contributed by atoms with E-state index in [0.717, 1.165) is 6.42 Å². The molecular weight excluding hydrogens is 284 g/mol. The predicted molar refractivity (Wildman–Crippen MR) is 70.1 cm³/mol. The molecular formula is C12H11ClN4O3. The average Bonchev–Trinajstić information content (AvgIpc) is 2.45. The predicted octanol–water partition coefficient (Wildman–Crippen LogP) is 2.02. The zero-order valence-corrected chi connectivity index (χ0v) is 11.2. The third-order valence-corrected chi connectivity index (χ3v) is 3.46. The van der Waals surface area contributed by atoms with Gasteiger partial charge >= 0.3 is 5.69 Å². The van der Waals surface area contributed by atoms with Crippen LogP contribution in [-0.4, -0.2) is 33.8 Å². The zero-order chi connectivity index (χ0) is 14.7. The summed E-state index contributed by atoms with van der Waals surface area (Å²) < 4.78 is 0. The van der Waals surface area contributed by atoms with Crippen LogP contribution < -0.4 is 0 Å². The number of halogens is 1. The minimum Gasteiger partial charge on any atom is -0.337 e. The summed E-state index contributed by atoms with van der Waals surface area (Å²) in [6, 6.07) is 3.40. The molecule has 1 fully saturated rings. The van der Waals surface area contributed by atoms with Crippen LogP contribution in [0.5, 0.6) is 0 Å². The van der Waals surface area contributed by atoms with E-state index in [1.165, 1.54) is 17.2 Å². The van der Waals surface area contributed by atoms with Crippen LogP contribution in [0.4, 0.5) is 5.69 Å². The molecule has 2 rings (SSSR count). The van der Waals surface area contributed by atoms with E-state index in [-0.39, 0.29) is 23.2 Å². The van der Waals surface area contributed by atoms with Gasteiger partial charge in [0.2, 0.25) is 5.15 Å². The summed E-state index contributed by atoms with van der Waals surface area (Å²) in [5.41, 5.74) is -0.577. The Morgan fingerprint density at radius 3 is 3.05 bits per heavy atom. The lowest BCUT2D eigenvalue weighted by molar-refractivity contribution is -0.385. The molecule has 1 amide bonds. The van der Waals surface area contributed by atoms with Gasteiger partial charge in [0.1, 0.15) is 5.56 Å². The maximum absolute atomic E-state index is 12.4. The number of nitro groups is 1. The van der Waals surface area contributed by atoms with Crippen molar-refractivity contribution in [3.05, 3.63) is 33.1 Å². The fraction of sp³-hybridized carbons (Fsp3) is 0.417. The highest BCUT2D eigenvalue weighted by Gasteiger charge is 2.30. The molecule has 1 atom stereocenters. The molecule has 0 aliphatic carbocycles. The Hall–Kier alpha value is -2.20. The molecule has 0 bridgehead atoms. The SMILES string of the molecule is N#CC1CCCN(C(=O)c2ccnc(Cl)c2[N+](=O)[O-])C1. The van der Waals surface area contributed by atoms with E-state index < -0.39 is 16.5 Å². The normalized spacial score (nSPS) is 18.4. The molecule has 1 saturated heterocycles. The monoisotopic (exact) mass is 294 g/mol. The van der Waals surface area contributed by atoms with Crippen molar-refractivity contribution in [2.75, 3.05) is 13.1 Å². The smallest absolute Gasteiger partial charge is 0.319 e. The van der Waals surface area contributed by atoms with Gasteiger partial charge in [0.05, 0.1) is 16.9 Å². The summed E-state index contributed by atoms with van der Waals surface area (Å²) in [5, 5.41) is 19.6. The number of amides is 1. The van der Waals surface area contributed by atoms with E-state index >= 15 is 0 Å². The Morgan fingerprint density at radius 1 is 1.65 bits per heavy atom. The first-order chi connectivity index (χ1) is 9.54. The number of carbonyl (C=O) groups excluding carboxylic acids is 1. The van der Waals surface area contributed by atoms with Crippen LogP contribution in [-0.2, 0) is 0 Å². The lowest BCUT2D eigenvalue weighted by atomic mass is 9.99. The average molecular weight is 295 g/mol. The maximum atomic E-state index is 12.4. The van der Waals surface area contributed by atoms with Crippen molar-refractivity contribution in [2.45, 2.75) is 12.8 Å². The molecule has 0 saturated carbocycles. The Kier molecular flexibility index (Phi) is 4.15. The third kappa shape index (κ3) is 2.70. The standard InChI is InChI=1S/C12H11ClN4O3/c13-11-10(17(19)20)9(3-4-15-11)12(18)16-5-1-2-8(6-14)7-16/h3-4,8H,1-2,5,7H2. The Morgan fingerprint density at radius 2 is 2.40 bits per heavy atom. The number of hydrogen-bond acceptors (Lipinski definition) is 5. The van der Waals surface area contributed by atoms with E-state index in [9.17, 15) is 14.9 Å². The fourth-order valence-corrected chi connectivity index (χ4v) is 2.44. The van der Waals surface area contributed by atoms with Crippen LogP contribution in [0.2, 0.25) is 5.15 Å². The molecule has 1 unspecified atom stereocenters. The number of hydrogen-bond donors (Lipinski definition) is 0. The van der Waals surface area contributed by atoms with Gasteiger partial charge in [-0.3, -0.25) is 14.9 Å². The van der Waals surface area contributed by atoms with Crippen molar-refractivity contribution in [1.29, 1.82) is 5.26 Å². The van der Waals surface area contributed by atoms with E-state index in [2.05, 4.69) is 11.1 Å². The summed E-state index contributed by atoms with van der Waals surface area (Å²) in [6.07, 6.45) is 2.70. The molecule has 2 heterocycles. The Bertz CT molecular complexity index is 599. The molecule has 1 aliphatic heterocycles. The fourth-order valence-electron chi connectivity index (χ4n) is 2.21. The van der Waals surface area contributed by atoms with E-state index in [1.807, 2.05) is 0 Å². The molecule has 1 aromatic rings. The molecule has 1 aromatic heterocycles. The number of piperidine rings is 1. The van der Waals surface area contributed by atoms with Crippen LogP contribution in [0.15, 0.2) is 12.3 Å². The number of likely N-dealkylation sites (tertiary alicyclic amines) is 1. The first-order valence-electron chi connectivity index (χ1n) is 6.02. The van der Waals surface area contributed by atoms with Gasteiger partial charge in [0, 0.05) is 19.3 Å². The first kappa shape index (κ1) is 14.2. The van der Waals surface area contributed by atoms with Gasteiger partial charge < -0.3 is 4.90 Å². The quantitative estimate of drug-likeness (QED) is 0.472. The summed E-state index contributed by atoms with van der Waals surface area (Å²) in [5.74, 6) is -0.718. The van der Waals surface area contributed by atoms with E-state index in [0.29, 0.717) is 13.0 Å². The molecule has 7 nitrogen and oxygen atoms in total. The number of nitrogens with zero attached hydrogens (tertiary/aromatic N) is 4.